The number of ketones is 1. The van der Waals surface area contributed by atoms with Gasteiger partial charge in [0.15, 0.2) is 5.76 Å². The Hall–Kier alpha value is -3.57. The molecule has 4 aromatic rings. The van der Waals surface area contributed by atoms with E-state index in [2.05, 4.69) is 5.32 Å². The topological polar surface area (TPSA) is 68.5 Å². The second kappa shape index (κ2) is 9.06. The van der Waals surface area contributed by atoms with Gasteiger partial charge in [0.1, 0.15) is 11.3 Å². The van der Waals surface area contributed by atoms with Crippen LogP contribution in [0.3, 0.4) is 0 Å². The van der Waals surface area contributed by atoms with Crippen molar-refractivity contribution >= 4 is 39.9 Å². The molecular formula is C25H20ClNO4. The van der Waals surface area contributed by atoms with E-state index in [9.17, 15) is 9.59 Å². The third kappa shape index (κ3) is 4.62. The van der Waals surface area contributed by atoms with Crippen molar-refractivity contribution in [1.29, 1.82) is 0 Å². The van der Waals surface area contributed by atoms with Gasteiger partial charge in [0.2, 0.25) is 11.7 Å². The summed E-state index contributed by atoms with van der Waals surface area (Å²) in [5, 5.41) is 4.14. The highest BCUT2D eigenvalue weighted by Crippen LogP contribution is 2.33. The number of para-hydroxylation sites is 1. The molecule has 0 saturated carbocycles. The SMILES string of the molecule is CCOc1ccc(C(=O)c2oc3ccccc3c2NC(=O)Cc2ccc(Cl)cc2)cc1. The van der Waals surface area contributed by atoms with Crippen LogP contribution < -0.4 is 10.1 Å². The van der Waals surface area contributed by atoms with E-state index < -0.39 is 0 Å². The second-order valence-electron chi connectivity index (χ2n) is 6.94. The maximum Gasteiger partial charge on any atom is 0.230 e. The zero-order valence-electron chi connectivity index (χ0n) is 16.9. The smallest absolute Gasteiger partial charge is 0.230 e. The van der Waals surface area contributed by atoms with Gasteiger partial charge in [-0.05, 0) is 61.0 Å². The minimum absolute atomic E-state index is 0.0924. The normalized spacial score (nSPS) is 10.8. The van der Waals surface area contributed by atoms with Crippen LogP contribution in [0.5, 0.6) is 5.75 Å². The molecular weight excluding hydrogens is 414 g/mol. The first-order chi connectivity index (χ1) is 15.0. The molecule has 0 unspecified atom stereocenters. The zero-order chi connectivity index (χ0) is 21.8. The predicted octanol–water partition coefficient (Wildman–Crippen LogP) is 5.90. The van der Waals surface area contributed by atoms with Crippen molar-refractivity contribution in [1.82, 2.24) is 0 Å². The van der Waals surface area contributed by atoms with Crippen LogP contribution in [0.25, 0.3) is 11.0 Å². The molecule has 1 aromatic heterocycles. The quantitative estimate of drug-likeness (QED) is 0.368. The zero-order valence-corrected chi connectivity index (χ0v) is 17.6. The van der Waals surface area contributed by atoms with Crippen molar-refractivity contribution in [2.45, 2.75) is 13.3 Å². The summed E-state index contributed by atoms with van der Waals surface area (Å²) in [5.74, 6) is 0.200. The highest BCUT2D eigenvalue weighted by Gasteiger charge is 2.23. The molecule has 31 heavy (non-hydrogen) atoms. The van der Waals surface area contributed by atoms with E-state index >= 15 is 0 Å². The largest absolute Gasteiger partial charge is 0.494 e. The number of furan rings is 1. The van der Waals surface area contributed by atoms with Crippen molar-refractivity contribution in [2.24, 2.45) is 0 Å². The summed E-state index contributed by atoms with van der Waals surface area (Å²) in [7, 11) is 0. The highest BCUT2D eigenvalue weighted by atomic mass is 35.5. The van der Waals surface area contributed by atoms with Crippen molar-refractivity contribution in [2.75, 3.05) is 11.9 Å². The standard InChI is InChI=1S/C25H20ClNO4/c1-2-30-19-13-9-17(10-14-19)24(29)25-23(20-5-3-4-6-21(20)31-25)27-22(28)15-16-7-11-18(26)12-8-16/h3-14H,2,15H2,1H3,(H,27,28). The van der Waals surface area contributed by atoms with Crippen molar-refractivity contribution < 1.29 is 18.7 Å². The van der Waals surface area contributed by atoms with Gasteiger partial charge in [-0.1, -0.05) is 35.9 Å². The molecule has 0 spiro atoms. The lowest BCUT2D eigenvalue weighted by Crippen LogP contribution is -2.16. The number of fused-ring (bicyclic) bond motifs is 1. The van der Waals surface area contributed by atoms with E-state index in [0.717, 1.165) is 5.56 Å². The molecule has 4 rings (SSSR count). The van der Waals surface area contributed by atoms with E-state index in [1.807, 2.05) is 25.1 Å². The van der Waals surface area contributed by atoms with Crippen LogP contribution in [0.1, 0.15) is 28.6 Å². The van der Waals surface area contributed by atoms with Crippen LogP contribution in [-0.2, 0) is 11.2 Å². The fourth-order valence-electron chi connectivity index (χ4n) is 3.30. The summed E-state index contributed by atoms with van der Waals surface area (Å²) in [6, 6.07) is 21.1. The van der Waals surface area contributed by atoms with Gasteiger partial charge in [-0.2, -0.15) is 0 Å². The summed E-state index contributed by atoms with van der Waals surface area (Å²) in [4.78, 5) is 25.9. The minimum Gasteiger partial charge on any atom is -0.494 e. The van der Waals surface area contributed by atoms with Gasteiger partial charge >= 0.3 is 0 Å². The van der Waals surface area contributed by atoms with E-state index in [0.29, 0.717) is 39.6 Å². The predicted molar refractivity (Wildman–Crippen MR) is 121 cm³/mol. The molecule has 0 aliphatic rings. The summed E-state index contributed by atoms with van der Waals surface area (Å²) in [6.45, 7) is 2.44. The fraction of sp³-hybridized carbons (Fsp3) is 0.120. The molecule has 0 aliphatic carbocycles. The number of hydrogen-bond acceptors (Lipinski definition) is 4. The molecule has 6 heteroatoms. The lowest BCUT2D eigenvalue weighted by Gasteiger charge is -2.07. The molecule has 156 valence electrons. The summed E-state index contributed by atoms with van der Waals surface area (Å²) < 4.78 is 11.3. The molecule has 0 bridgehead atoms. The maximum atomic E-state index is 13.2. The number of carbonyl (C=O) groups is 2. The number of benzene rings is 3. The van der Waals surface area contributed by atoms with Gasteiger partial charge < -0.3 is 14.5 Å². The number of hydrogen-bond donors (Lipinski definition) is 1. The molecule has 0 aliphatic heterocycles. The van der Waals surface area contributed by atoms with Crippen molar-refractivity contribution in [3.63, 3.8) is 0 Å². The number of ether oxygens (including phenoxy) is 1. The van der Waals surface area contributed by atoms with Crippen molar-refractivity contribution in [3.05, 3.63) is 94.7 Å². The van der Waals surface area contributed by atoms with Gasteiger partial charge in [0.05, 0.1) is 18.7 Å². The van der Waals surface area contributed by atoms with Crippen LogP contribution >= 0.6 is 11.6 Å². The van der Waals surface area contributed by atoms with Crippen LogP contribution in [0, 0.1) is 0 Å². The van der Waals surface area contributed by atoms with E-state index in [1.54, 1.807) is 54.6 Å². The van der Waals surface area contributed by atoms with Crippen LogP contribution in [0.15, 0.2) is 77.2 Å². The molecule has 0 atom stereocenters. The summed E-state index contributed by atoms with van der Waals surface area (Å²) in [5.41, 5.74) is 2.15. The lowest BCUT2D eigenvalue weighted by atomic mass is 10.1. The highest BCUT2D eigenvalue weighted by molar-refractivity contribution is 6.30. The van der Waals surface area contributed by atoms with Gasteiger partial charge in [0, 0.05) is 16.0 Å². The fourth-order valence-corrected chi connectivity index (χ4v) is 3.43. The Morgan fingerprint density at radius 2 is 1.68 bits per heavy atom. The molecule has 1 amide bonds. The molecule has 0 fully saturated rings. The Labute approximate surface area is 184 Å². The van der Waals surface area contributed by atoms with Gasteiger partial charge in [-0.3, -0.25) is 9.59 Å². The number of nitrogens with one attached hydrogen (secondary N) is 1. The van der Waals surface area contributed by atoms with Crippen LogP contribution in [-0.4, -0.2) is 18.3 Å². The Bertz CT molecular complexity index is 1230. The maximum absolute atomic E-state index is 13.2. The summed E-state index contributed by atoms with van der Waals surface area (Å²) in [6.07, 6.45) is 0.146. The number of rotatable bonds is 7. The molecule has 0 saturated heterocycles. The van der Waals surface area contributed by atoms with Crippen LogP contribution in [0.2, 0.25) is 5.02 Å². The van der Waals surface area contributed by atoms with E-state index in [1.165, 1.54) is 0 Å². The Morgan fingerprint density at radius 3 is 2.39 bits per heavy atom. The first-order valence-corrected chi connectivity index (χ1v) is 10.3. The molecule has 1 N–H and O–H groups in total. The molecule has 0 radical (unpaired) electrons. The monoisotopic (exact) mass is 433 g/mol. The summed E-state index contributed by atoms with van der Waals surface area (Å²) >= 11 is 5.91. The van der Waals surface area contributed by atoms with E-state index in [-0.39, 0.29) is 23.9 Å². The minimum atomic E-state index is -0.318. The van der Waals surface area contributed by atoms with Crippen molar-refractivity contribution in [3.8, 4) is 5.75 Å². The van der Waals surface area contributed by atoms with Gasteiger partial charge in [-0.25, -0.2) is 0 Å². The molecule has 3 aromatic carbocycles. The number of amides is 1. The Kier molecular flexibility index (Phi) is 6.05. The number of carbonyl (C=O) groups excluding carboxylic acids is 2. The average molecular weight is 434 g/mol. The Balaban J connectivity index is 1.64. The first kappa shape index (κ1) is 20.7. The lowest BCUT2D eigenvalue weighted by molar-refractivity contribution is -0.115. The molecule has 1 heterocycles. The number of anilines is 1. The second-order valence-corrected chi connectivity index (χ2v) is 7.38. The van der Waals surface area contributed by atoms with Gasteiger partial charge in [0.25, 0.3) is 0 Å². The third-order valence-electron chi connectivity index (χ3n) is 4.77. The van der Waals surface area contributed by atoms with Crippen LogP contribution in [0.4, 0.5) is 5.69 Å². The van der Waals surface area contributed by atoms with E-state index in [4.69, 9.17) is 20.8 Å². The number of halogens is 1. The average Bonchev–Trinajstić information content (AvgIpc) is 3.14. The van der Waals surface area contributed by atoms with Gasteiger partial charge in [-0.15, -0.1) is 0 Å². The third-order valence-corrected chi connectivity index (χ3v) is 5.02. The molecule has 5 nitrogen and oxygen atoms in total. The Morgan fingerprint density at radius 1 is 0.968 bits per heavy atom. The first-order valence-electron chi connectivity index (χ1n) is 9.88.